The minimum Gasteiger partial charge on any atom is -0.467 e. The van der Waals surface area contributed by atoms with Crippen molar-refractivity contribution in [3.8, 4) is 6.01 Å². The van der Waals surface area contributed by atoms with Crippen LogP contribution in [-0.2, 0) is 6.42 Å². The van der Waals surface area contributed by atoms with E-state index in [1.165, 1.54) is 7.11 Å². The van der Waals surface area contributed by atoms with E-state index in [9.17, 15) is 4.79 Å². The summed E-state index contributed by atoms with van der Waals surface area (Å²) in [7, 11) is 1.44. The number of H-pyrrole nitrogens is 1. The van der Waals surface area contributed by atoms with E-state index in [1.807, 2.05) is 13.8 Å². The van der Waals surface area contributed by atoms with Crippen molar-refractivity contribution >= 4 is 0 Å². The Balaban J connectivity index is 2.95. The third-order valence-electron chi connectivity index (χ3n) is 1.46. The summed E-state index contributed by atoms with van der Waals surface area (Å²) in [6.45, 7) is 4.10. The van der Waals surface area contributed by atoms with E-state index in [1.54, 1.807) is 0 Å². The predicted molar refractivity (Wildman–Crippen MR) is 47.7 cm³/mol. The number of aromatic nitrogens is 3. The molecule has 1 aromatic rings. The molecular weight excluding hydrogens is 170 g/mol. The van der Waals surface area contributed by atoms with Crippen LogP contribution in [-0.4, -0.2) is 22.1 Å². The summed E-state index contributed by atoms with van der Waals surface area (Å²) in [4.78, 5) is 21.0. The van der Waals surface area contributed by atoms with E-state index in [4.69, 9.17) is 4.74 Å². The minimum atomic E-state index is -0.414. The SMILES string of the molecule is COc1nc(CC(C)C)[nH]c(=O)n1. The van der Waals surface area contributed by atoms with Crippen LogP contribution >= 0.6 is 0 Å². The minimum absolute atomic E-state index is 0.124. The highest BCUT2D eigenvalue weighted by Gasteiger charge is 2.04. The van der Waals surface area contributed by atoms with Crippen molar-refractivity contribution in [3.05, 3.63) is 16.3 Å². The molecule has 0 atom stereocenters. The van der Waals surface area contributed by atoms with Crippen LogP contribution in [0.3, 0.4) is 0 Å². The van der Waals surface area contributed by atoms with E-state index >= 15 is 0 Å². The van der Waals surface area contributed by atoms with Gasteiger partial charge in [0.1, 0.15) is 5.82 Å². The smallest absolute Gasteiger partial charge is 0.350 e. The number of hydrogen-bond acceptors (Lipinski definition) is 4. The molecule has 0 aliphatic rings. The van der Waals surface area contributed by atoms with Gasteiger partial charge in [0.2, 0.25) is 0 Å². The van der Waals surface area contributed by atoms with E-state index in [2.05, 4.69) is 15.0 Å². The van der Waals surface area contributed by atoms with Crippen LogP contribution in [0.5, 0.6) is 6.01 Å². The van der Waals surface area contributed by atoms with Gasteiger partial charge in [-0.15, -0.1) is 4.98 Å². The van der Waals surface area contributed by atoms with Crippen molar-refractivity contribution in [2.45, 2.75) is 20.3 Å². The number of nitrogens with one attached hydrogen (secondary N) is 1. The Morgan fingerprint density at radius 3 is 2.69 bits per heavy atom. The quantitative estimate of drug-likeness (QED) is 0.735. The lowest BCUT2D eigenvalue weighted by molar-refractivity contribution is 0.372. The highest BCUT2D eigenvalue weighted by molar-refractivity contribution is 4.95. The van der Waals surface area contributed by atoms with Crippen LogP contribution in [0.2, 0.25) is 0 Å². The van der Waals surface area contributed by atoms with Gasteiger partial charge in [-0.2, -0.15) is 4.98 Å². The maximum Gasteiger partial charge on any atom is 0.350 e. The average molecular weight is 183 g/mol. The van der Waals surface area contributed by atoms with Gasteiger partial charge in [-0.05, 0) is 5.92 Å². The normalized spacial score (nSPS) is 10.5. The van der Waals surface area contributed by atoms with E-state index in [-0.39, 0.29) is 6.01 Å². The summed E-state index contributed by atoms with van der Waals surface area (Å²) in [5.74, 6) is 1.06. The standard InChI is InChI=1S/C8H13N3O2/c1-5(2)4-6-9-7(12)11-8(10-6)13-3/h5H,4H2,1-3H3,(H,9,10,11,12). The molecule has 5 heteroatoms. The van der Waals surface area contributed by atoms with Crippen molar-refractivity contribution in [1.29, 1.82) is 0 Å². The highest BCUT2D eigenvalue weighted by atomic mass is 16.5. The number of methoxy groups -OCH3 is 1. The Morgan fingerprint density at radius 2 is 2.15 bits per heavy atom. The summed E-state index contributed by atoms with van der Waals surface area (Å²) in [5.41, 5.74) is -0.414. The zero-order valence-corrected chi connectivity index (χ0v) is 8.00. The zero-order chi connectivity index (χ0) is 9.84. The molecule has 1 heterocycles. The van der Waals surface area contributed by atoms with Gasteiger partial charge in [0.05, 0.1) is 7.11 Å². The molecule has 0 saturated carbocycles. The molecule has 13 heavy (non-hydrogen) atoms. The van der Waals surface area contributed by atoms with Crippen LogP contribution in [0.25, 0.3) is 0 Å². The van der Waals surface area contributed by atoms with Gasteiger partial charge in [-0.25, -0.2) is 4.79 Å². The maximum absolute atomic E-state index is 11.0. The number of rotatable bonds is 3. The van der Waals surface area contributed by atoms with Gasteiger partial charge < -0.3 is 4.74 Å². The first kappa shape index (κ1) is 9.70. The Kier molecular flexibility index (Phi) is 3.00. The fourth-order valence-corrected chi connectivity index (χ4v) is 0.981. The molecule has 0 aliphatic heterocycles. The van der Waals surface area contributed by atoms with E-state index < -0.39 is 5.69 Å². The summed E-state index contributed by atoms with van der Waals surface area (Å²) in [6.07, 6.45) is 0.716. The molecule has 1 N–H and O–H groups in total. The molecule has 1 aromatic heterocycles. The van der Waals surface area contributed by atoms with Gasteiger partial charge in [0.25, 0.3) is 0 Å². The molecule has 0 unspecified atom stereocenters. The lowest BCUT2D eigenvalue weighted by Crippen LogP contribution is -2.17. The largest absolute Gasteiger partial charge is 0.467 e. The summed E-state index contributed by atoms with van der Waals surface area (Å²) >= 11 is 0. The number of ether oxygens (including phenoxy) is 1. The third-order valence-corrected chi connectivity index (χ3v) is 1.46. The second-order valence-corrected chi connectivity index (χ2v) is 3.19. The fraction of sp³-hybridized carbons (Fsp3) is 0.625. The Labute approximate surface area is 76.2 Å². The van der Waals surface area contributed by atoms with Gasteiger partial charge in [0.15, 0.2) is 0 Å². The topological polar surface area (TPSA) is 67.9 Å². The highest BCUT2D eigenvalue weighted by Crippen LogP contribution is 2.03. The summed E-state index contributed by atoms with van der Waals surface area (Å²) < 4.78 is 4.78. The number of aromatic amines is 1. The van der Waals surface area contributed by atoms with Crippen molar-refractivity contribution in [2.24, 2.45) is 5.92 Å². The fourth-order valence-electron chi connectivity index (χ4n) is 0.981. The Hall–Kier alpha value is -1.39. The number of hydrogen-bond donors (Lipinski definition) is 1. The van der Waals surface area contributed by atoms with Gasteiger partial charge in [0, 0.05) is 6.42 Å². The van der Waals surface area contributed by atoms with Crippen molar-refractivity contribution < 1.29 is 4.74 Å². The third kappa shape index (κ3) is 2.85. The van der Waals surface area contributed by atoms with E-state index in [0.717, 1.165) is 0 Å². The Bertz CT molecular complexity index is 332. The lowest BCUT2D eigenvalue weighted by atomic mass is 10.1. The molecule has 0 aliphatic carbocycles. The first-order valence-corrected chi connectivity index (χ1v) is 4.13. The molecule has 0 fully saturated rings. The lowest BCUT2D eigenvalue weighted by Gasteiger charge is -2.03. The zero-order valence-electron chi connectivity index (χ0n) is 8.00. The molecule has 0 amide bonds. The number of nitrogens with zero attached hydrogens (tertiary/aromatic N) is 2. The average Bonchev–Trinajstić information content (AvgIpc) is 2.01. The van der Waals surface area contributed by atoms with Crippen LogP contribution < -0.4 is 10.4 Å². The molecule has 1 rings (SSSR count). The van der Waals surface area contributed by atoms with Gasteiger partial charge >= 0.3 is 11.7 Å². The summed E-state index contributed by atoms with van der Waals surface area (Å²) in [6, 6.07) is 0.124. The van der Waals surface area contributed by atoms with Crippen LogP contribution in [0, 0.1) is 5.92 Å². The molecule has 0 radical (unpaired) electrons. The monoisotopic (exact) mass is 183 g/mol. The first-order chi connectivity index (χ1) is 6.11. The van der Waals surface area contributed by atoms with Crippen molar-refractivity contribution in [3.63, 3.8) is 0 Å². The van der Waals surface area contributed by atoms with Crippen molar-refractivity contribution in [2.75, 3.05) is 7.11 Å². The maximum atomic E-state index is 11.0. The van der Waals surface area contributed by atoms with E-state index in [0.29, 0.717) is 18.2 Å². The molecule has 0 spiro atoms. The molecule has 5 nitrogen and oxygen atoms in total. The second-order valence-electron chi connectivity index (χ2n) is 3.19. The van der Waals surface area contributed by atoms with Crippen molar-refractivity contribution in [1.82, 2.24) is 15.0 Å². The van der Waals surface area contributed by atoms with Crippen LogP contribution in [0.15, 0.2) is 4.79 Å². The predicted octanol–water partition coefficient (Wildman–Crippen LogP) is 0.372. The second kappa shape index (κ2) is 4.02. The first-order valence-electron chi connectivity index (χ1n) is 4.13. The molecule has 72 valence electrons. The molecular formula is C8H13N3O2. The van der Waals surface area contributed by atoms with Gasteiger partial charge in [-0.3, -0.25) is 4.98 Å². The van der Waals surface area contributed by atoms with Gasteiger partial charge in [-0.1, -0.05) is 13.8 Å². The molecule has 0 bridgehead atoms. The van der Waals surface area contributed by atoms with Crippen LogP contribution in [0.1, 0.15) is 19.7 Å². The molecule has 0 aromatic carbocycles. The Morgan fingerprint density at radius 1 is 1.46 bits per heavy atom. The molecule has 0 saturated heterocycles. The summed E-state index contributed by atoms with van der Waals surface area (Å²) in [5, 5.41) is 0. The van der Waals surface area contributed by atoms with Crippen LogP contribution in [0.4, 0.5) is 0 Å².